The molecule has 1 aromatic heterocycles. The van der Waals surface area contributed by atoms with Crippen molar-refractivity contribution in [2.45, 2.75) is 19.6 Å². The van der Waals surface area contributed by atoms with Crippen LogP contribution >= 0.6 is 15.9 Å². The third-order valence-electron chi connectivity index (χ3n) is 6.21. The lowest BCUT2D eigenvalue weighted by molar-refractivity contribution is 0.0953. The minimum absolute atomic E-state index is 0.299. The Balaban J connectivity index is 1.16. The van der Waals surface area contributed by atoms with Crippen LogP contribution in [0, 0.1) is 5.82 Å². The van der Waals surface area contributed by atoms with E-state index in [1.165, 1.54) is 16.8 Å². The minimum atomic E-state index is -0.482. The van der Waals surface area contributed by atoms with Crippen molar-refractivity contribution in [3.8, 4) is 22.6 Å². The van der Waals surface area contributed by atoms with E-state index in [2.05, 4.69) is 21.0 Å². The van der Waals surface area contributed by atoms with Crippen molar-refractivity contribution in [2.75, 3.05) is 0 Å². The van der Waals surface area contributed by atoms with Crippen LogP contribution in [0.1, 0.15) is 34.6 Å². The van der Waals surface area contributed by atoms with E-state index in [0.717, 1.165) is 26.9 Å². The van der Waals surface area contributed by atoms with Crippen LogP contribution in [0.2, 0.25) is 0 Å². The first-order chi connectivity index (χ1) is 19.4. The van der Waals surface area contributed by atoms with Crippen LogP contribution in [0.15, 0.2) is 120 Å². The third-order valence-corrected chi connectivity index (χ3v) is 6.74. The Morgan fingerprint density at radius 3 is 2.40 bits per heavy atom. The maximum atomic E-state index is 14.7. The maximum absolute atomic E-state index is 14.7. The van der Waals surface area contributed by atoms with Crippen LogP contribution < -0.4 is 9.47 Å². The van der Waals surface area contributed by atoms with Crippen molar-refractivity contribution < 1.29 is 18.7 Å². The molecule has 40 heavy (non-hydrogen) atoms. The molecule has 5 nitrogen and oxygen atoms in total. The number of carbonyl (C=O) groups excluding carboxylic acids is 1. The Bertz CT molecular complexity index is 1610. The summed E-state index contributed by atoms with van der Waals surface area (Å²) in [7, 11) is 0. The highest BCUT2D eigenvalue weighted by Crippen LogP contribution is 2.28. The highest BCUT2D eigenvalue weighted by Gasteiger charge is 2.14. The molecular weight excluding hydrogens is 571 g/mol. The van der Waals surface area contributed by atoms with E-state index in [1.807, 2.05) is 78.9 Å². The van der Waals surface area contributed by atoms with Gasteiger partial charge in [0.2, 0.25) is 0 Å². The Kier molecular flexibility index (Phi) is 8.52. The maximum Gasteiger partial charge on any atom is 0.270 e. The van der Waals surface area contributed by atoms with Crippen LogP contribution in [0.25, 0.3) is 17.2 Å². The topological polar surface area (TPSA) is 53.4 Å². The summed E-state index contributed by atoms with van der Waals surface area (Å²) in [5, 5.41) is 4.35. The molecule has 4 aromatic carbocycles. The van der Waals surface area contributed by atoms with Gasteiger partial charge in [0.25, 0.3) is 5.91 Å². The number of aromatic nitrogens is 2. The van der Waals surface area contributed by atoms with Gasteiger partial charge in [0.15, 0.2) is 0 Å². The second-order valence-corrected chi connectivity index (χ2v) is 10.0. The SMILES string of the molecule is CC(Oc1ccc(-c2ccccc2)c(F)c1)c1ccn(C(=O)C=Cc2ccc(OCc3ccc(Br)cc3)cc2)n1. The Hall–Kier alpha value is -4.49. The lowest BCUT2D eigenvalue weighted by Gasteiger charge is -2.13. The van der Waals surface area contributed by atoms with Crippen molar-refractivity contribution in [3.05, 3.63) is 143 Å². The van der Waals surface area contributed by atoms with Gasteiger partial charge in [-0.25, -0.2) is 9.07 Å². The fourth-order valence-corrected chi connectivity index (χ4v) is 4.29. The van der Waals surface area contributed by atoms with Crippen molar-refractivity contribution >= 4 is 27.9 Å². The number of allylic oxidation sites excluding steroid dienone is 1. The Labute approximate surface area is 240 Å². The predicted molar refractivity (Wildman–Crippen MR) is 158 cm³/mol. The van der Waals surface area contributed by atoms with Crippen molar-refractivity contribution in [3.63, 3.8) is 0 Å². The van der Waals surface area contributed by atoms with E-state index in [9.17, 15) is 9.18 Å². The summed E-state index contributed by atoms with van der Waals surface area (Å²) in [6.45, 7) is 2.27. The second-order valence-electron chi connectivity index (χ2n) is 9.11. The lowest BCUT2D eigenvalue weighted by atomic mass is 10.1. The first-order valence-electron chi connectivity index (χ1n) is 12.7. The van der Waals surface area contributed by atoms with Gasteiger partial charge in [0.1, 0.15) is 35.7 Å². The van der Waals surface area contributed by atoms with Gasteiger partial charge in [-0.05, 0) is 72.2 Å². The van der Waals surface area contributed by atoms with E-state index in [0.29, 0.717) is 23.6 Å². The summed E-state index contributed by atoms with van der Waals surface area (Å²) >= 11 is 3.43. The predicted octanol–water partition coefficient (Wildman–Crippen LogP) is 8.52. The summed E-state index contributed by atoms with van der Waals surface area (Å²) < 4.78 is 28.7. The average molecular weight is 597 g/mol. The number of carbonyl (C=O) groups is 1. The van der Waals surface area contributed by atoms with Crippen LogP contribution in [-0.4, -0.2) is 15.7 Å². The molecule has 1 heterocycles. The summed E-state index contributed by atoms with van der Waals surface area (Å²) in [6, 6.07) is 31.3. The number of halogens is 2. The largest absolute Gasteiger partial charge is 0.489 e. The van der Waals surface area contributed by atoms with Gasteiger partial charge in [0, 0.05) is 28.4 Å². The zero-order valence-electron chi connectivity index (χ0n) is 21.7. The molecule has 0 saturated carbocycles. The average Bonchev–Trinajstić information content (AvgIpc) is 3.48. The van der Waals surface area contributed by atoms with Crippen molar-refractivity contribution in [1.29, 1.82) is 0 Å². The Morgan fingerprint density at radius 1 is 0.950 bits per heavy atom. The van der Waals surface area contributed by atoms with E-state index in [1.54, 1.807) is 37.4 Å². The number of hydrogen-bond acceptors (Lipinski definition) is 4. The molecule has 5 aromatic rings. The van der Waals surface area contributed by atoms with Gasteiger partial charge in [-0.2, -0.15) is 5.10 Å². The molecule has 0 radical (unpaired) electrons. The Morgan fingerprint density at radius 2 is 1.68 bits per heavy atom. The molecule has 200 valence electrons. The van der Waals surface area contributed by atoms with Crippen molar-refractivity contribution in [2.24, 2.45) is 0 Å². The minimum Gasteiger partial charge on any atom is -0.489 e. The molecule has 0 saturated heterocycles. The summed E-state index contributed by atoms with van der Waals surface area (Å²) in [5.41, 5.74) is 3.79. The zero-order chi connectivity index (χ0) is 27.9. The van der Waals surface area contributed by atoms with E-state index in [4.69, 9.17) is 9.47 Å². The molecule has 0 fully saturated rings. The highest BCUT2D eigenvalue weighted by atomic mass is 79.9. The molecule has 0 N–H and O–H groups in total. The molecule has 1 atom stereocenters. The molecule has 0 aliphatic rings. The van der Waals surface area contributed by atoms with E-state index < -0.39 is 6.10 Å². The van der Waals surface area contributed by atoms with Gasteiger partial charge in [0.05, 0.1) is 0 Å². The van der Waals surface area contributed by atoms with Crippen LogP contribution in [0.3, 0.4) is 0 Å². The second kappa shape index (κ2) is 12.6. The monoisotopic (exact) mass is 596 g/mol. The molecule has 1 unspecified atom stereocenters. The molecule has 7 heteroatoms. The fraction of sp³-hybridized carbons (Fsp3) is 0.0909. The number of rotatable bonds is 9. The number of hydrogen-bond donors (Lipinski definition) is 0. The number of nitrogens with zero attached hydrogens (tertiary/aromatic N) is 2. The van der Waals surface area contributed by atoms with E-state index in [-0.39, 0.29) is 11.7 Å². The molecule has 0 bridgehead atoms. The molecule has 0 aliphatic heterocycles. The van der Waals surface area contributed by atoms with Crippen molar-refractivity contribution in [1.82, 2.24) is 9.78 Å². The first-order valence-corrected chi connectivity index (χ1v) is 13.5. The van der Waals surface area contributed by atoms with Crippen LogP contribution in [0.4, 0.5) is 4.39 Å². The fourth-order valence-electron chi connectivity index (χ4n) is 4.03. The molecular formula is C33H26BrFN2O3. The zero-order valence-corrected chi connectivity index (χ0v) is 23.3. The van der Waals surface area contributed by atoms with E-state index >= 15 is 0 Å². The summed E-state index contributed by atoms with van der Waals surface area (Å²) in [4.78, 5) is 12.7. The van der Waals surface area contributed by atoms with Crippen LogP contribution in [-0.2, 0) is 6.61 Å². The third kappa shape index (κ3) is 6.93. The van der Waals surface area contributed by atoms with Gasteiger partial charge in [-0.1, -0.05) is 70.5 Å². The standard InChI is InChI=1S/C33H26BrFN2O3/c1-23(40-29-16-17-30(31(35)21-29)26-5-3-2-4-6-26)32-19-20-37(36-32)33(38)18-11-24-9-14-28(15-10-24)39-22-25-7-12-27(34)13-8-25/h2-21,23H,22H2,1H3. The summed E-state index contributed by atoms with van der Waals surface area (Å²) in [5.74, 6) is 0.458. The molecule has 0 aliphatic carbocycles. The lowest BCUT2D eigenvalue weighted by Crippen LogP contribution is -2.10. The molecule has 5 rings (SSSR count). The van der Waals surface area contributed by atoms with Gasteiger partial charge in [-0.3, -0.25) is 4.79 Å². The number of benzene rings is 4. The normalized spacial score (nSPS) is 11.9. The highest BCUT2D eigenvalue weighted by molar-refractivity contribution is 9.10. The van der Waals surface area contributed by atoms with Gasteiger partial charge < -0.3 is 9.47 Å². The summed E-state index contributed by atoms with van der Waals surface area (Å²) in [6.07, 6.45) is 4.28. The van der Waals surface area contributed by atoms with Gasteiger partial charge >= 0.3 is 0 Å². The number of ether oxygens (including phenoxy) is 2. The smallest absolute Gasteiger partial charge is 0.270 e. The van der Waals surface area contributed by atoms with Crippen LogP contribution in [0.5, 0.6) is 11.5 Å². The molecule has 0 amide bonds. The first kappa shape index (κ1) is 27.1. The quantitative estimate of drug-likeness (QED) is 0.160. The molecule has 0 spiro atoms. The van der Waals surface area contributed by atoms with Gasteiger partial charge in [-0.15, -0.1) is 0 Å².